The maximum Gasteiger partial charge on any atom is 0.0991 e. The van der Waals surface area contributed by atoms with E-state index in [2.05, 4.69) is 145 Å². The first kappa shape index (κ1) is 33.0. The molecule has 252 valence electrons. The molecule has 1 aliphatic rings. The van der Waals surface area contributed by atoms with E-state index in [4.69, 9.17) is 0 Å². The Morgan fingerprint density at radius 1 is 0.415 bits per heavy atom. The second-order valence-corrected chi connectivity index (χ2v) is 13.7. The van der Waals surface area contributed by atoms with Crippen LogP contribution in [0.5, 0.6) is 0 Å². The van der Waals surface area contributed by atoms with Crippen molar-refractivity contribution in [1.82, 2.24) is 0 Å². The van der Waals surface area contributed by atoms with Crippen LogP contribution in [0.1, 0.15) is 47.2 Å². The van der Waals surface area contributed by atoms with Crippen LogP contribution in [0, 0.1) is 22.7 Å². The number of anilines is 6. The molecule has 53 heavy (non-hydrogen) atoms. The van der Waals surface area contributed by atoms with Gasteiger partial charge in [-0.15, -0.1) is 0 Å². The number of benzene rings is 7. The molecular weight excluding hydrogens is 645 g/mol. The fourth-order valence-corrected chi connectivity index (χ4v) is 7.33. The monoisotopic (exact) mass is 680 g/mol. The Kier molecular flexibility index (Phi) is 8.65. The molecule has 0 saturated heterocycles. The lowest BCUT2D eigenvalue weighted by atomic mass is 9.81. The smallest absolute Gasteiger partial charge is 0.0991 e. The van der Waals surface area contributed by atoms with Gasteiger partial charge in [0.15, 0.2) is 0 Å². The number of nitriles is 2. The standard InChI is InChI=1S/C49H36N4/c1-49(2)47-31-36(14-13-35-15-22-41(23-16-35)52(39-9-5-3-6-10-39)42-24-17-37(33-50)18-25-42)21-29-45(47)46-30-28-44(32-48(46)49)53(40-11-7-4-8-12-40)43-26-19-38(34-51)20-27-43/h3-32H,1-2H3/b14-13+. The Morgan fingerprint density at radius 3 is 1.30 bits per heavy atom. The summed E-state index contributed by atoms with van der Waals surface area (Å²) in [5.41, 5.74) is 14.7. The second-order valence-electron chi connectivity index (χ2n) is 13.7. The summed E-state index contributed by atoms with van der Waals surface area (Å²) in [4.78, 5) is 4.45. The molecule has 0 saturated carbocycles. The Morgan fingerprint density at radius 2 is 0.792 bits per heavy atom. The molecule has 0 N–H and O–H groups in total. The average Bonchev–Trinajstić information content (AvgIpc) is 3.44. The number of hydrogen-bond donors (Lipinski definition) is 0. The maximum atomic E-state index is 9.40. The number of hydrogen-bond acceptors (Lipinski definition) is 4. The van der Waals surface area contributed by atoms with Gasteiger partial charge in [0.1, 0.15) is 0 Å². The lowest BCUT2D eigenvalue weighted by Crippen LogP contribution is -2.16. The molecule has 0 aliphatic heterocycles. The highest BCUT2D eigenvalue weighted by molar-refractivity contribution is 5.87. The predicted molar refractivity (Wildman–Crippen MR) is 218 cm³/mol. The molecule has 0 unspecified atom stereocenters. The van der Waals surface area contributed by atoms with E-state index < -0.39 is 0 Å². The van der Waals surface area contributed by atoms with E-state index >= 15 is 0 Å². The summed E-state index contributed by atoms with van der Waals surface area (Å²) in [6, 6.07) is 62.7. The SMILES string of the molecule is CC1(C)c2cc(/C=C/c3ccc(N(c4ccccc4)c4ccc(C#N)cc4)cc3)ccc2-c2ccc(N(c3ccccc3)c3ccc(C#N)cc3)cc21. The second kappa shape index (κ2) is 13.9. The molecular formula is C49H36N4. The van der Waals surface area contributed by atoms with Crippen molar-refractivity contribution >= 4 is 46.3 Å². The molecule has 1 aliphatic carbocycles. The van der Waals surface area contributed by atoms with Crippen LogP contribution < -0.4 is 9.80 Å². The Hall–Kier alpha value is -7.14. The zero-order valence-electron chi connectivity index (χ0n) is 29.6. The first-order chi connectivity index (χ1) is 25.9. The molecule has 8 rings (SSSR count). The van der Waals surface area contributed by atoms with Crippen molar-refractivity contribution in [3.05, 3.63) is 203 Å². The molecule has 0 bridgehead atoms. The molecule has 4 heteroatoms. The van der Waals surface area contributed by atoms with Gasteiger partial charge >= 0.3 is 0 Å². The van der Waals surface area contributed by atoms with Gasteiger partial charge in [-0.05, 0) is 130 Å². The summed E-state index contributed by atoms with van der Waals surface area (Å²) >= 11 is 0. The van der Waals surface area contributed by atoms with Gasteiger partial charge in [-0.3, -0.25) is 0 Å². The lowest BCUT2D eigenvalue weighted by molar-refractivity contribution is 0.660. The summed E-state index contributed by atoms with van der Waals surface area (Å²) in [5, 5.41) is 18.7. The van der Waals surface area contributed by atoms with E-state index in [0.717, 1.165) is 45.3 Å². The van der Waals surface area contributed by atoms with Crippen molar-refractivity contribution in [3.8, 4) is 23.3 Å². The van der Waals surface area contributed by atoms with Gasteiger partial charge in [0.05, 0.1) is 23.3 Å². The van der Waals surface area contributed by atoms with Crippen LogP contribution in [0.4, 0.5) is 34.1 Å². The predicted octanol–water partition coefficient (Wildman–Crippen LogP) is 12.8. The van der Waals surface area contributed by atoms with Crippen molar-refractivity contribution in [3.63, 3.8) is 0 Å². The van der Waals surface area contributed by atoms with Crippen LogP contribution in [0.25, 0.3) is 23.3 Å². The van der Waals surface area contributed by atoms with E-state index in [0.29, 0.717) is 11.1 Å². The van der Waals surface area contributed by atoms with Crippen molar-refractivity contribution in [2.75, 3.05) is 9.80 Å². The van der Waals surface area contributed by atoms with Crippen LogP contribution in [-0.4, -0.2) is 0 Å². The molecule has 4 nitrogen and oxygen atoms in total. The number of rotatable bonds is 8. The van der Waals surface area contributed by atoms with Crippen LogP contribution in [0.15, 0.2) is 170 Å². The maximum absolute atomic E-state index is 9.40. The van der Waals surface area contributed by atoms with Gasteiger partial charge in [0, 0.05) is 39.5 Å². The molecule has 7 aromatic rings. The Labute approximate surface area is 311 Å². The normalized spacial score (nSPS) is 12.4. The van der Waals surface area contributed by atoms with Gasteiger partial charge in [-0.1, -0.05) is 98.8 Å². The Balaban J connectivity index is 1.07. The summed E-state index contributed by atoms with van der Waals surface area (Å²) in [6.07, 6.45) is 4.36. The Bertz CT molecular complexity index is 2520. The first-order valence-corrected chi connectivity index (χ1v) is 17.7. The fourth-order valence-electron chi connectivity index (χ4n) is 7.33. The van der Waals surface area contributed by atoms with E-state index in [1.54, 1.807) is 0 Å². The van der Waals surface area contributed by atoms with Gasteiger partial charge in [-0.2, -0.15) is 10.5 Å². The third-order valence-corrected chi connectivity index (χ3v) is 10.1. The summed E-state index contributed by atoms with van der Waals surface area (Å²) in [7, 11) is 0. The minimum absolute atomic E-state index is 0.203. The lowest BCUT2D eigenvalue weighted by Gasteiger charge is -2.28. The molecule has 0 aromatic heterocycles. The minimum atomic E-state index is -0.203. The van der Waals surface area contributed by atoms with E-state index in [-0.39, 0.29) is 5.41 Å². The van der Waals surface area contributed by atoms with Gasteiger partial charge in [0.25, 0.3) is 0 Å². The van der Waals surface area contributed by atoms with Gasteiger partial charge < -0.3 is 9.80 Å². The topological polar surface area (TPSA) is 54.1 Å². The summed E-state index contributed by atoms with van der Waals surface area (Å²) in [5.74, 6) is 0. The van der Waals surface area contributed by atoms with Crippen LogP contribution in [0.2, 0.25) is 0 Å². The van der Waals surface area contributed by atoms with Crippen LogP contribution in [0.3, 0.4) is 0 Å². The summed E-state index contributed by atoms with van der Waals surface area (Å²) < 4.78 is 0. The fraction of sp³-hybridized carbons (Fsp3) is 0.0612. The van der Waals surface area contributed by atoms with Crippen LogP contribution >= 0.6 is 0 Å². The zero-order chi connectivity index (χ0) is 36.4. The number of nitrogens with zero attached hydrogens (tertiary/aromatic N) is 4. The molecule has 0 radical (unpaired) electrons. The molecule has 0 atom stereocenters. The molecule has 0 amide bonds. The first-order valence-electron chi connectivity index (χ1n) is 17.7. The van der Waals surface area contributed by atoms with Crippen molar-refractivity contribution in [2.45, 2.75) is 19.3 Å². The number of para-hydroxylation sites is 2. The van der Waals surface area contributed by atoms with Crippen molar-refractivity contribution in [1.29, 1.82) is 10.5 Å². The molecule has 0 spiro atoms. The zero-order valence-corrected chi connectivity index (χ0v) is 29.6. The highest BCUT2D eigenvalue weighted by Crippen LogP contribution is 2.51. The molecule has 0 heterocycles. The molecule has 7 aromatic carbocycles. The highest BCUT2D eigenvalue weighted by atomic mass is 15.1. The highest BCUT2D eigenvalue weighted by Gasteiger charge is 2.36. The molecule has 0 fully saturated rings. The minimum Gasteiger partial charge on any atom is -0.311 e. The third-order valence-electron chi connectivity index (χ3n) is 10.1. The third kappa shape index (κ3) is 6.36. The van der Waals surface area contributed by atoms with E-state index in [1.165, 1.54) is 22.3 Å². The average molecular weight is 681 g/mol. The quantitative estimate of drug-likeness (QED) is 0.150. The van der Waals surface area contributed by atoms with Crippen LogP contribution in [-0.2, 0) is 5.41 Å². The van der Waals surface area contributed by atoms with E-state index in [9.17, 15) is 10.5 Å². The van der Waals surface area contributed by atoms with Crippen molar-refractivity contribution in [2.24, 2.45) is 0 Å². The van der Waals surface area contributed by atoms with Gasteiger partial charge in [-0.25, -0.2) is 0 Å². The van der Waals surface area contributed by atoms with Gasteiger partial charge in [0.2, 0.25) is 0 Å². The largest absolute Gasteiger partial charge is 0.311 e. The number of fused-ring (bicyclic) bond motifs is 3. The van der Waals surface area contributed by atoms with E-state index in [1.807, 2.05) is 72.8 Å². The van der Waals surface area contributed by atoms with Crippen molar-refractivity contribution < 1.29 is 0 Å². The summed E-state index contributed by atoms with van der Waals surface area (Å²) in [6.45, 7) is 4.63.